The number of amides is 1. The van der Waals surface area contributed by atoms with Crippen molar-refractivity contribution in [2.45, 2.75) is 43.0 Å². The fraction of sp³-hybridized carbons (Fsp3) is 0.333. The summed E-state index contributed by atoms with van der Waals surface area (Å²) >= 11 is 3.29. The van der Waals surface area contributed by atoms with Gasteiger partial charge in [0.1, 0.15) is 11.6 Å². The first kappa shape index (κ1) is 23.4. The Kier molecular flexibility index (Phi) is 7.79. The molecule has 2 N–H and O–H groups in total. The third-order valence-electron chi connectivity index (χ3n) is 5.08. The van der Waals surface area contributed by atoms with Crippen molar-refractivity contribution < 1.29 is 22.7 Å². The molecule has 7 nitrogen and oxygen atoms in total. The first-order valence-corrected chi connectivity index (χ1v) is 12.1. The van der Waals surface area contributed by atoms with E-state index in [1.54, 1.807) is 12.1 Å². The molecule has 10 heteroatoms. The molecule has 0 unspecified atom stereocenters. The molecule has 0 aromatic heterocycles. The summed E-state index contributed by atoms with van der Waals surface area (Å²) < 4.78 is 41.6. The van der Waals surface area contributed by atoms with Gasteiger partial charge in [0.2, 0.25) is 10.0 Å². The highest BCUT2D eigenvalue weighted by atomic mass is 79.9. The number of carbonyl (C=O) groups is 1. The molecule has 0 radical (unpaired) electrons. The zero-order valence-electron chi connectivity index (χ0n) is 16.7. The number of benzene rings is 2. The number of rotatable bonds is 7. The summed E-state index contributed by atoms with van der Waals surface area (Å²) in [6.07, 6.45) is 5.36. The number of nitrogens with zero attached hydrogens (tertiary/aromatic N) is 2. The predicted molar refractivity (Wildman–Crippen MR) is 119 cm³/mol. The van der Waals surface area contributed by atoms with Crippen molar-refractivity contribution in [3.8, 4) is 5.75 Å². The summed E-state index contributed by atoms with van der Waals surface area (Å²) in [5.41, 5.74) is 2.70. The highest BCUT2D eigenvalue weighted by Gasteiger charge is 2.34. The van der Waals surface area contributed by atoms with Crippen LogP contribution >= 0.6 is 15.9 Å². The number of sulfonamides is 1. The van der Waals surface area contributed by atoms with Gasteiger partial charge in [-0.25, -0.2) is 18.2 Å². The second-order valence-corrected chi connectivity index (χ2v) is 10.1. The second kappa shape index (κ2) is 10.3. The molecule has 0 heterocycles. The smallest absolute Gasteiger partial charge is 0.255 e. The Morgan fingerprint density at radius 2 is 1.87 bits per heavy atom. The lowest BCUT2D eigenvalue weighted by Crippen LogP contribution is -2.46. The van der Waals surface area contributed by atoms with Crippen LogP contribution in [0.1, 0.15) is 37.7 Å². The van der Waals surface area contributed by atoms with Gasteiger partial charge in [0.25, 0.3) is 5.91 Å². The quantitative estimate of drug-likeness (QED) is 0.436. The van der Waals surface area contributed by atoms with E-state index in [9.17, 15) is 22.7 Å². The molecule has 31 heavy (non-hydrogen) atoms. The number of nitrogens with one attached hydrogen (secondary N) is 1. The fourth-order valence-electron chi connectivity index (χ4n) is 3.50. The van der Waals surface area contributed by atoms with Crippen LogP contribution in [0, 0.1) is 5.82 Å². The monoisotopic (exact) mass is 511 g/mol. The highest BCUT2D eigenvalue weighted by Crippen LogP contribution is 2.28. The van der Waals surface area contributed by atoms with Crippen LogP contribution in [0.3, 0.4) is 0 Å². The van der Waals surface area contributed by atoms with Crippen LogP contribution in [0.25, 0.3) is 0 Å². The van der Waals surface area contributed by atoms with Gasteiger partial charge in [-0.3, -0.25) is 4.79 Å². The van der Waals surface area contributed by atoms with Crippen molar-refractivity contribution in [1.82, 2.24) is 9.73 Å². The summed E-state index contributed by atoms with van der Waals surface area (Å²) in [7, 11) is -3.99. The standard InChI is InChI=1S/C21H23BrFN3O4S/c22-16-6-11-20(27)15(12-16)13-24-25-21(28)14-26(18-4-2-1-3-5-18)31(29,30)19-9-7-17(23)8-10-19/h6-13,18,27H,1-5,14H2,(H,25,28)/b24-13-. The molecule has 166 valence electrons. The molecule has 1 amide bonds. The van der Waals surface area contributed by atoms with Crippen LogP contribution in [-0.4, -0.2) is 42.5 Å². The summed E-state index contributed by atoms with van der Waals surface area (Å²) in [5.74, 6) is -1.16. The molecule has 0 spiro atoms. The lowest BCUT2D eigenvalue weighted by Gasteiger charge is -2.32. The topological polar surface area (TPSA) is 99.1 Å². The Balaban J connectivity index is 1.76. The van der Waals surface area contributed by atoms with E-state index in [1.165, 1.54) is 28.7 Å². The van der Waals surface area contributed by atoms with Crippen molar-refractivity contribution in [3.63, 3.8) is 0 Å². The SMILES string of the molecule is O=C(CN(C1CCCCC1)S(=O)(=O)c1ccc(F)cc1)N/N=C\c1cc(Br)ccc1O. The van der Waals surface area contributed by atoms with Gasteiger partial charge < -0.3 is 5.11 Å². The van der Waals surface area contributed by atoms with E-state index in [1.807, 2.05) is 0 Å². The Bertz CT molecular complexity index is 1050. The Hall–Kier alpha value is -2.30. The maximum atomic E-state index is 13.3. The summed E-state index contributed by atoms with van der Waals surface area (Å²) in [5, 5.41) is 13.7. The third-order valence-corrected chi connectivity index (χ3v) is 7.49. The minimum absolute atomic E-state index is 0.0103. The van der Waals surface area contributed by atoms with Gasteiger partial charge in [0.15, 0.2) is 0 Å². The van der Waals surface area contributed by atoms with E-state index in [0.29, 0.717) is 18.4 Å². The number of carbonyl (C=O) groups excluding carboxylic acids is 1. The lowest BCUT2D eigenvalue weighted by atomic mass is 9.95. The molecule has 0 aliphatic heterocycles. The predicted octanol–water partition coefficient (Wildman–Crippen LogP) is 3.77. The van der Waals surface area contributed by atoms with Crippen LogP contribution in [0.15, 0.2) is 56.9 Å². The van der Waals surface area contributed by atoms with Gasteiger partial charge in [-0.2, -0.15) is 9.41 Å². The van der Waals surface area contributed by atoms with Gasteiger partial charge in [0, 0.05) is 16.1 Å². The zero-order valence-corrected chi connectivity index (χ0v) is 19.1. The average molecular weight is 512 g/mol. The molecule has 2 aromatic carbocycles. The summed E-state index contributed by atoms with van der Waals surface area (Å²) in [6, 6.07) is 9.02. The van der Waals surface area contributed by atoms with E-state index < -0.39 is 28.3 Å². The van der Waals surface area contributed by atoms with Crippen LogP contribution < -0.4 is 5.43 Å². The van der Waals surface area contributed by atoms with Crippen molar-refractivity contribution >= 4 is 38.1 Å². The number of phenols is 1. The largest absolute Gasteiger partial charge is 0.507 e. The van der Waals surface area contributed by atoms with E-state index in [-0.39, 0.29) is 16.7 Å². The van der Waals surface area contributed by atoms with Gasteiger partial charge in [-0.05, 0) is 55.3 Å². The number of hydrazone groups is 1. The van der Waals surface area contributed by atoms with Crippen LogP contribution in [0.4, 0.5) is 4.39 Å². The molecule has 1 saturated carbocycles. The Morgan fingerprint density at radius 1 is 1.19 bits per heavy atom. The maximum absolute atomic E-state index is 13.3. The van der Waals surface area contributed by atoms with Gasteiger partial charge in [0.05, 0.1) is 17.7 Å². The number of aromatic hydroxyl groups is 1. The molecule has 3 rings (SSSR count). The molecule has 0 atom stereocenters. The van der Waals surface area contributed by atoms with Crippen molar-refractivity contribution in [3.05, 3.63) is 58.3 Å². The van der Waals surface area contributed by atoms with E-state index >= 15 is 0 Å². The zero-order chi connectivity index (χ0) is 22.4. The number of halogens is 2. The Morgan fingerprint density at radius 3 is 2.55 bits per heavy atom. The average Bonchev–Trinajstić information content (AvgIpc) is 2.75. The van der Waals surface area contributed by atoms with Crippen LogP contribution in [0.2, 0.25) is 0 Å². The molecule has 2 aromatic rings. The number of hydrogen-bond donors (Lipinski definition) is 2. The first-order valence-electron chi connectivity index (χ1n) is 9.85. The minimum Gasteiger partial charge on any atom is -0.507 e. The van der Waals surface area contributed by atoms with E-state index in [0.717, 1.165) is 35.9 Å². The minimum atomic E-state index is -3.99. The van der Waals surface area contributed by atoms with Gasteiger partial charge >= 0.3 is 0 Å². The molecule has 0 saturated heterocycles. The molecular weight excluding hydrogens is 489 g/mol. The number of phenolic OH excluding ortho intramolecular Hbond substituents is 1. The molecule has 1 aliphatic rings. The van der Waals surface area contributed by atoms with E-state index in [4.69, 9.17) is 0 Å². The second-order valence-electron chi connectivity index (χ2n) is 7.29. The maximum Gasteiger partial charge on any atom is 0.255 e. The molecular formula is C21H23BrFN3O4S. The van der Waals surface area contributed by atoms with Crippen LogP contribution in [-0.2, 0) is 14.8 Å². The first-order chi connectivity index (χ1) is 14.8. The highest BCUT2D eigenvalue weighted by molar-refractivity contribution is 9.10. The summed E-state index contributed by atoms with van der Waals surface area (Å²) in [4.78, 5) is 12.4. The Labute approximate surface area is 189 Å². The number of hydrogen-bond acceptors (Lipinski definition) is 5. The fourth-order valence-corrected chi connectivity index (χ4v) is 5.52. The molecule has 1 fully saturated rings. The van der Waals surface area contributed by atoms with Crippen LogP contribution in [0.5, 0.6) is 5.75 Å². The lowest BCUT2D eigenvalue weighted by molar-refractivity contribution is -0.121. The van der Waals surface area contributed by atoms with Crippen molar-refractivity contribution in [1.29, 1.82) is 0 Å². The normalized spacial score (nSPS) is 15.5. The third kappa shape index (κ3) is 6.11. The molecule has 0 bridgehead atoms. The van der Waals surface area contributed by atoms with Crippen molar-refractivity contribution in [2.75, 3.05) is 6.54 Å². The molecule has 1 aliphatic carbocycles. The van der Waals surface area contributed by atoms with E-state index in [2.05, 4.69) is 26.5 Å². The summed E-state index contributed by atoms with van der Waals surface area (Å²) in [6.45, 7) is -0.411. The van der Waals surface area contributed by atoms with Gasteiger partial charge in [-0.1, -0.05) is 35.2 Å². The van der Waals surface area contributed by atoms with Crippen molar-refractivity contribution in [2.24, 2.45) is 5.10 Å². The van der Waals surface area contributed by atoms with Gasteiger partial charge in [-0.15, -0.1) is 0 Å².